The molecule has 31 heavy (non-hydrogen) atoms. The van der Waals surface area contributed by atoms with Crippen molar-refractivity contribution in [2.24, 2.45) is 0 Å². The molecule has 0 bridgehead atoms. The van der Waals surface area contributed by atoms with Crippen LogP contribution < -0.4 is 5.32 Å². The first-order chi connectivity index (χ1) is 15.0. The highest BCUT2D eigenvalue weighted by Gasteiger charge is 2.20. The number of rotatable bonds is 6. The Kier molecular flexibility index (Phi) is 5.45. The van der Waals surface area contributed by atoms with Crippen molar-refractivity contribution in [3.8, 4) is 6.07 Å². The van der Waals surface area contributed by atoms with Crippen molar-refractivity contribution >= 4 is 28.6 Å². The van der Waals surface area contributed by atoms with Crippen molar-refractivity contribution in [3.05, 3.63) is 95.8 Å². The van der Waals surface area contributed by atoms with E-state index in [1.807, 2.05) is 41.0 Å². The van der Waals surface area contributed by atoms with Gasteiger partial charge in [-0.3, -0.25) is 9.59 Å². The Hall–Kier alpha value is -4.44. The number of carboxylic acids is 1. The van der Waals surface area contributed by atoms with Crippen LogP contribution in [0.3, 0.4) is 0 Å². The molecular weight excluding hydrogens is 392 g/mol. The van der Waals surface area contributed by atoms with Crippen molar-refractivity contribution in [2.75, 3.05) is 5.32 Å². The highest BCUT2D eigenvalue weighted by atomic mass is 16.4. The number of carboxylic acid groups (broad SMARTS) is 1. The van der Waals surface area contributed by atoms with Gasteiger partial charge in [0.2, 0.25) is 0 Å². The summed E-state index contributed by atoms with van der Waals surface area (Å²) in [6, 6.07) is 22.8. The Morgan fingerprint density at radius 1 is 1.06 bits per heavy atom. The number of amides is 1. The second kappa shape index (κ2) is 8.51. The SMILES string of the molecule is N#Cc1cccc(C(=O)Nc2ccc3c(c2)ncn3C(CC(=O)O)c2ccccc2)c1. The lowest BCUT2D eigenvalue weighted by Crippen LogP contribution is -2.14. The van der Waals surface area contributed by atoms with Crippen molar-refractivity contribution in [2.45, 2.75) is 12.5 Å². The third-order valence-electron chi connectivity index (χ3n) is 4.97. The number of imidazole rings is 1. The molecule has 3 aromatic carbocycles. The maximum absolute atomic E-state index is 12.5. The second-order valence-electron chi connectivity index (χ2n) is 7.03. The fraction of sp³-hybridized carbons (Fsp3) is 0.0833. The molecule has 0 aliphatic heterocycles. The summed E-state index contributed by atoms with van der Waals surface area (Å²) in [6.45, 7) is 0. The van der Waals surface area contributed by atoms with Crippen LogP contribution in [0, 0.1) is 11.3 Å². The minimum absolute atomic E-state index is 0.0802. The van der Waals surface area contributed by atoms with Gasteiger partial charge in [-0.2, -0.15) is 5.26 Å². The predicted octanol–water partition coefficient (Wildman–Crippen LogP) is 4.22. The largest absolute Gasteiger partial charge is 0.481 e. The van der Waals surface area contributed by atoms with Gasteiger partial charge in [-0.15, -0.1) is 0 Å². The molecule has 1 atom stereocenters. The molecule has 0 aliphatic carbocycles. The third kappa shape index (κ3) is 4.28. The molecular formula is C24H18N4O3. The standard InChI is InChI=1S/C24H18N4O3/c25-14-16-5-4-8-18(11-16)24(31)27-19-9-10-21-20(12-19)26-15-28(21)22(13-23(29)30)17-6-2-1-3-7-17/h1-12,15,22H,13H2,(H,27,31)(H,29,30). The van der Waals surface area contributed by atoms with Gasteiger partial charge in [0, 0.05) is 11.3 Å². The Morgan fingerprint density at radius 2 is 1.87 bits per heavy atom. The highest BCUT2D eigenvalue weighted by Crippen LogP contribution is 2.28. The maximum atomic E-state index is 12.5. The molecule has 1 unspecified atom stereocenters. The van der Waals surface area contributed by atoms with Crippen molar-refractivity contribution in [1.29, 1.82) is 5.26 Å². The number of aromatic nitrogens is 2. The molecule has 0 fully saturated rings. The summed E-state index contributed by atoms with van der Waals surface area (Å²) in [5.74, 6) is -1.23. The molecule has 7 heteroatoms. The smallest absolute Gasteiger partial charge is 0.305 e. The van der Waals surface area contributed by atoms with Crippen molar-refractivity contribution in [3.63, 3.8) is 0 Å². The molecule has 0 radical (unpaired) electrons. The number of carbonyl (C=O) groups is 2. The molecule has 0 aliphatic rings. The van der Waals surface area contributed by atoms with Crippen LogP contribution >= 0.6 is 0 Å². The van der Waals surface area contributed by atoms with Gasteiger partial charge in [-0.1, -0.05) is 36.4 Å². The Morgan fingerprint density at radius 3 is 2.61 bits per heavy atom. The summed E-state index contributed by atoms with van der Waals surface area (Å²) in [4.78, 5) is 28.4. The van der Waals surface area contributed by atoms with Crippen molar-refractivity contribution < 1.29 is 14.7 Å². The predicted molar refractivity (Wildman–Crippen MR) is 116 cm³/mol. The highest BCUT2D eigenvalue weighted by molar-refractivity contribution is 6.05. The van der Waals surface area contributed by atoms with Crippen LogP contribution in [0.1, 0.15) is 33.9 Å². The quantitative estimate of drug-likeness (QED) is 0.495. The summed E-state index contributed by atoms with van der Waals surface area (Å²) in [5, 5.41) is 21.2. The van der Waals surface area contributed by atoms with E-state index in [-0.39, 0.29) is 12.3 Å². The molecule has 7 nitrogen and oxygen atoms in total. The number of carbonyl (C=O) groups excluding carboxylic acids is 1. The topological polar surface area (TPSA) is 108 Å². The molecule has 1 aromatic heterocycles. The fourth-order valence-electron chi connectivity index (χ4n) is 3.51. The molecule has 1 heterocycles. The average molecular weight is 410 g/mol. The van der Waals surface area contributed by atoms with Gasteiger partial charge in [-0.05, 0) is 42.0 Å². The summed E-state index contributed by atoms with van der Waals surface area (Å²) >= 11 is 0. The number of benzene rings is 3. The first kappa shape index (κ1) is 19.9. The monoisotopic (exact) mass is 410 g/mol. The van der Waals surface area contributed by atoms with Crippen LogP contribution in [0.25, 0.3) is 11.0 Å². The molecule has 1 amide bonds. The van der Waals surface area contributed by atoms with Crippen LogP contribution in [-0.4, -0.2) is 26.5 Å². The van der Waals surface area contributed by atoms with Crippen LogP contribution in [0.4, 0.5) is 5.69 Å². The molecule has 0 spiro atoms. The van der Waals surface area contributed by atoms with E-state index in [1.54, 1.807) is 42.7 Å². The minimum Gasteiger partial charge on any atom is -0.481 e. The molecule has 2 N–H and O–H groups in total. The summed E-state index contributed by atoms with van der Waals surface area (Å²) < 4.78 is 1.83. The lowest BCUT2D eigenvalue weighted by molar-refractivity contribution is -0.137. The molecule has 4 rings (SSSR count). The van der Waals surface area contributed by atoms with Gasteiger partial charge in [0.15, 0.2) is 0 Å². The molecule has 0 saturated carbocycles. The van der Waals surface area contributed by atoms with Crippen LogP contribution in [0.5, 0.6) is 0 Å². The van der Waals surface area contributed by atoms with E-state index >= 15 is 0 Å². The fourth-order valence-corrected chi connectivity index (χ4v) is 3.51. The first-order valence-electron chi connectivity index (χ1n) is 9.60. The van der Waals surface area contributed by atoms with Crippen LogP contribution in [-0.2, 0) is 4.79 Å². The van der Waals surface area contributed by atoms with E-state index in [2.05, 4.69) is 10.3 Å². The van der Waals surface area contributed by atoms with E-state index in [9.17, 15) is 14.7 Å². The van der Waals surface area contributed by atoms with E-state index in [0.717, 1.165) is 11.1 Å². The number of hydrogen-bond acceptors (Lipinski definition) is 4. The molecule has 4 aromatic rings. The normalized spacial score (nSPS) is 11.6. The van der Waals surface area contributed by atoms with Gasteiger partial charge < -0.3 is 15.0 Å². The zero-order valence-electron chi connectivity index (χ0n) is 16.4. The van der Waals surface area contributed by atoms with Crippen molar-refractivity contribution in [1.82, 2.24) is 9.55 Å². The number of hydrogen-bond donors (Lipinski definition) is 2. The van der Waals surface area contributed by atoms with E-state index in [0.29, 0.717) is 22.3 Å². The lowest BCUT2D eigenvalue weighted by atomic mass is 10.0. The third-order valence-corrected chi connectivity index (χ3v) is 4.97. The average Bonchev–Trinajstić information content (AvgIpc) is 3.21. The van der Waals surface area contributed by atoms with Gasteiger partial charge in [-0.25, -0.2) is 4.98 Å². The number of nitrogens with zero attached hydrogens (tertiary/aromatic N) is 3. The summed E-state index contributed by atoms with van der Waals surface area (Å²) in [6.07, 6.45) is 1.54. The Labute approximate surface area is 178 Å². The van der Waals surface area contributed by atoms with Gasteiger partial charge >= 0.3 is 5.97 Å². The van der Waals surface area contributed by atoms with E-state index in [4.69, 9.17) is 5.26 Å². The van der Waals surface area contributed by atoms with Gasteiger partial charge in [0.05, 0.1) is 41.5 Å². The maximum Gasteiger partial charge on any atom is 0.305 e. The van der Waals surface area contributed by atoms with Gasteiger partial charge in [0.25, 0.3) is 5.91 Å². The van der Waals surface area contributed by atoms with E-state index < -0.39 is 12.0 Å². The first-order valence-corrected chi connectivity index (χ1v) is 9.60. The summed E-state index contributed by atoms with van der Waals surface area (Å²) in [5.41, 5.74) is 3.62. The number of nitrogens with one attached hydrogen (secondary N) is 1. The zero-order valence-corrected chi connectivity index (χ0v) is 16.4. The minimum atomic E-state index is -0.904. The van der Waals surface area contributed by atoms with Crippen LogP contribution in [0.15, 0.2) is 79.1 Å². The summed E-state index contributed by atoms with van der Waals surface area (Å²) in [7, 11) is 0. The molecule has 152 valence electrons. The zero-order chi connectivity index (χ0) is 21.8. The number of aliphatic carboxylic acids is 1. The van der Waals surface area contributed by atoms with Gasteiger partial charge in [0.1, 0.15) is 0 Å². The van der Waals surface area contributed by atoms with E-state index in [1.165, 1.54) is 6.07 Å². The Balaban J connectivity index is 1.63. The van der Waals surface area contributed by atoms with Crippen LogP contribution in [0.2, 0.25) is 0 Å². The Bertz CT molecular complexity index is 1310. The molecule has 0 saturated heterocycles. The second-order valence-corrected chi connectivity index (χ2v) is 7.03. The lowest BCUT2D eigenvalue weighted by Gasteiger charge is -2.18. The number of nitriles is 1. The number of anilines is 1. The number of fused-ring (bicyclic) bond motifs is 1.